The minimum absolute atomic E-state index is 0.0347. The molecule has 3 nitrogen and oxygen atoms in total. The summed E-state index contributed by atoms with van der Waals surface area (Å²) in [5.41, 5.74) is 3.18. The predicted molar refractivity (Wildman–Crippen MR) is 63.1 cm³/mol. The molecule has 1 aromatic heterocycles. The van der Waals surface area contributed by atoms with Crippen molar-refractivity contribution in [2.45, 2.75) is 25.7 Å². The number of hydrogen-bond donors (Lipinski definition) is 1. The maximum atomic E-state index is 11.8. The van der Waals surface area contributed by atoms with Gasteiger partial charge in [-0.2, -0.15) is 0 Å². The van der Waals surface area contributed by atoms with Gasteiger partial charge in [0.05, 0.1) is 5.69 Å². The van der Waals surface area contributed by atoms with E-state index in [1.54, 1.807) is 10.7 Å². The SMILES string of the molecule is Cc1cccc(-n2[nH]c(C3CC3)cc2=O)c1. The molecule has 2 aromatic rings. The third-order valence-corrected chi connectivity index (χ3v) is 3.02. The van der Waals surface area contributed by atoms with E-state index >= 15 is 0 Å². The number of aromatic nitrogens is 2. The number of rotatable bonds is 2. The highest BCUT2D eigenvalue weighted by atomic mass is 16.1. The second kappa shape index (κ2) is 3.37. The molecule has 0 radical (unpaired) electrons. The maximum absolute atomic E-state index is 11.8. The summed E-state index contributed by atoms with van der Waals surface area (Å²) in [6.07, 6.45) is 2.40. The molecule has 3 heteroatoms. The second-order valence-corrected chi connectivity index (χ2v) is 4.50. The Morgan fingerprint density at radius 1 is 1.31 bits per heavy atom. The van der Waals surface area contributed by atoms with E-state index in [1.165, 1.54) is 12.8 Å². The summed E-state index contributed by atoms with van der Waals surface area (Å²) in [7, 11) is 0. The van der Waals surface area contributed by atoms with Crippen LogP contribution in [0.25, 0.3) is 5.69 Å². The van der Waals surface area contributed by atoms with Crippen molar-refractivity contribution < 1.29 is 0 Å². The topological polar surface area (TPSA) is 37.8 Å². The molecule has 0 bridgehead atoms. The Kier molecular flexibility index (Phi) is 1.99. The third-order valence-electron chi connectivity index (χ3n) is 3.02. The first-order chi connectivity index (χ1) is 7.74. The van der Waals surface area contributed by atoms with Gasteiger partial charge in [0.2, 0.25) is 0 Å². The van der Waals surface area contributed by atoms with Crippen LogP contribution in [0.5, 0.6) is 0 Å². The molecule has 0 unspecified atom stereocenters. The summed E-state index contributed by atoms with van der Waals surface area (Å²) in [5.74, 6) is 0.582. The van der Waals surface area contributed by atoms with Crippen LogP contribution in [0.4, 0.5) is 0 Å². The molecule has 3 rings (SSSR count). The highest BCUT2D eigenvalue weighted by Gasteiger charge is 2.26. The van der Waals surface area contributed by atoms with E-state index in [1.807, 2.05) is 31.2 Å². The van der Waals surface area contributed by atoms with Gasteiger partial charge < -0.3 is 0 Å². The number of H-pyrrole nitrogens is 1. The zero-order chi connectivity index (χ0) is 11.1. The predicted octanol–water partition coefficient (Wildman–Crippen LogP) is 2.35. The Balaban J connectivity index is 2.08. The monoisotopic (exact) mass is 214 g/mol. The van der Waals surface area contributed by atoms with Crippen LogP contribution in [0.3, 0.4) is 0 Å². The van der Waals surface area contributed by atoms with Crippen LogP contribution < -0.4 is 5.56 Å². The zero-order valence-corrected chi connectivity index (χ0v) is 9.23. The molecule has 0 spiro atoms. The fourth-order valence-electron chi connectivity index (χ4n) is 1.98. The van der Waals surface area contributed by atoms with E-state index in [0.29, 0.717) is 5.92 Å². The first kappa shape index (κ1) is 9.46. The van der Waals surface area contributed by atoms with Crippen molar-refractivity contribution in [3.8, 4) is 5.69 Å². The van der Waals surface area contributed by atoms with Crippen LogP contribution in [0, 0.1) is 6.92 Å². The first-order valence-corrected chi connectivity index (χ1v) is 5.63. The van der Waals surface area contributed by atoms with Gasteiger partial charge in [-0.15, -0.1) is 0 Å². The van der Waals surface area contributed by atoms with Crippen molar-refractivity contribution in [2.75, 3.05) is 0 Å². The van der Waals surface area contributed by atoms with E-state index in [0.717, 1.165) is 16.9 Å². The van der Waals surface area contributed by atoms with Crippen molar-refractivity contribution in [3.05, 3.63) is 51.9 Å². The van der Waals surface area contributed by atoms with E-state index in [9.17, 15) is 4.79 Å². The summed E-state index contributed by atoms with van der Waals surface area (Å²) in [5, 5.41) is 3.19. The largest absolute Gasteiger partial charge is 0.295 e. The first-order valence-electron chi connectivity index (χ1n) is 5.63. The molecule has 1 N–H and O–H groups in total. The molecule has 16 heavy (non-hydrogen) atoms. The average molecular weight is 214 g/mol. The summed E-state index contributed by atoms with van der Waals surface area (Å²) in [4.78, 5) is 11.8. The molecule has 82 valence electrons. The fraction of sp³-hybridized carbons (Fsp3) is 0.308. The quantitative estimate of drug-likeness (QED) is 0.818. The lowest BCUT2D eigenvalue weighted by Gasteiger charge is -2.02. The number of aromatic amines is 1. The second-order valence-electron chi connectivity index (χ2n) is 4.50. The van der Waals surface area contributed by atoms with Gasteiger partial charge in [-0.3, -0.25) is 9.89 Å². The molecule has 0 atom stereocenters. The number of aryl methyl sites for hydroxylation is 1. The van der Waals surface area contributed by atoms with E-state index in [2.05, 4.69) is 5.10 Å². The molecular formula is C13H14N2O. The minimum Gasteiger partial charge on any atom is -0.295 e. The Hall–Kier alpha value is -1.77. The Bertz CT molecular complexity index is 576. The van der Waals surface area contributed by atoms with E-state index in [-0.39, 0.29) is 5.56 Å². The highest BCUT2D eigenvalue weighted by Crippen LogP contribution is 2.38. The lowest BCUT2D eigenvalue weighted by molar-refractivity contribution is 0.815. The smallest absolute Gasteiger partial charge is 0.271 e. The molecule has 1 heterocycles. The number of benzene rings is 1. The summed E-state index contributed by atoms with van der Waals surface area (Å²) >= 11 is 0. The Morgan fingerprint density at radius 2 is 2.12 bits per heavy atom. The lowest BCUT2D eigenvalue weighted by Crippen LogP contribution is -2.13. The van der Waals surface area contributed by atoms with Gasteiger partial charge in [0.25, 0.3) is 5.56 Å². The summed E-state index contributed by atoms with van der Waals surface area (Å²) in [6, 6.07) is 9.67. The number of nitrogens with zero attached hydrogens (tertiary/aromatic N) is 1. The van der Waals surface area contributed by atoms with Gasteiger partial charge in [0, 0.05) is 17.7 Å². The summed E-state index contributed by atoms with van der Waals surface area (Å²) < 4.78 is 1.63. The molecule has 1 aromatic carbocycles. The van der Waals surface area contributed by atoms with E-state index in [4.69, 9.17) is 0 Å². The zero-order valence-electron chi connectivity index (χ0n) is 9.23. The maximum Gasteiger partial charge on any atom is 0.271 e. The van der Waals surface area contributed by atoms with Crippen LogP contribution in [0.1, 0.15) is 30.0 Å². The van der Waals surface area contributed by atoms with Gasteiger partial charge in [-0.25, -0.2) is 4.68 Å². The summed E-state index contributed by atoms with van der Waals surface area (Å²) in [6.45, 7) is 2.03. The molecule has 1 aliphatic rings. The van der Waals surface area contributed by atoms with Crippen LogP contribution in [-0.4, -0.2) is 9.78 Å². The molecule has 1 fully saturated rings. The molecule has 0 saturated heterocycles. The molecule has 0 amide bonds. The molecular weight excluding hydrogens is 200 g/mol. The Labute approximate surface area is 93.7 Å². The van der Waals surface area contributed by atoms with Gasteiger partial charge in [0.1, 0.15) is 0 Å². The molecule has 1 saturated carbocycles. The van der Waals surface area contributed by atoms with Gasteiger partial charge >= 0.3 is 0 Å². The lowest BCUT2D eigenvalue weighted by atomic mass is 10.2. The number of nitrogens with one attached hydrogen (secondary N) is 1. The van der Waals surface area contributed by atoms with Crippen molar-refractivity contribution >= 4 is 0 Å². The standard InChI is InChI=1S/C13H14N2O/c1-9-3-2-4-11(7-9)15-13(16)8-12(14-15)10-5-6-10/h2-4,7-8,10,14H,5-6H2,1H3. The van der Waals surface area contributed by atoms with Gasteiger partial charge in [0.15, 0.2) is 0 Å². The van der Waals surface area contributed by atoms with Crippen LogP contribution in [0.2, 0.25) is 0 Å². The average Bonchev–Trinajstić information content (AvgIpc) is 3.02. The van der Waals surface area contributed by atoms with Crippen molar-refractivity contribution in [1.82, 2.24) is 9.78 Å². The fourth-order valence-corrected chi connectivity index (χ4v) is 1.98. The normalized spacial score (nSPS) is 15.3. The highest BCUT2D eigenvalue weighted by molar-refractivity contribution is 5.35. The van der Waals surface area contributed by atoms with Gasteiger partial charge in [-0.1, -0.05) is 12.1 Å². The third kappa shape index (κ3) is 1.58. The van der Waals surface area contributed by atoms with Gasteiger partial charge in [-0.05, 0) is 37.5 Å². The van der Waals surface area contributed by atoms with Crippen molar-refractivity contribution in [3.63, 3.8) is 0 Å². The molecule has 1 aliphatic carbocycles. The van der Waals surface area contributed by atoms with E-state index < -0.39 is 0 Å². The van der Waals surface area contributed by atoms with Crippen molar-refractivity contribution in [1.29, 1.82) is 0 Å². The number of hydrogen-bond acceptors (Lipinski definition) is 1. The minimum atomic E-state index is 0.0347. The van der Waals surface area contributed by atoms with Crippen LogP contribution in [0.15, 0.2) is 35.1 Å². The van der Waals surface area contributed by atoms with Crippen molar-refractivity contribution in [2.24, 2.45) is 0 Å². The molecule has 0 aliphatic heterocycles. The van der Waals surface area contributed by atoms with Crippen LogP contribution in [-0.2, 0) is 0 Å². The van der Waals surface area contributed by atoms with Crippen LogP contribution >= 0.6 is 0 Å². The Morgan fingerprint density at radius 3 is 2.81 bits per heavy atom.